The molecule has 0 saturated carbocycles. The Bertz CT molecular complexity index is 1130. The molecule has 0 bridgehead atoms. The molecule has 5 heteroatoms. The topological polar surface area (TPSA) is 61.8 Å². The summed E-state index contributed by atoms with van der Waals surface area (Å²) in [6.45, 7) is 6.04. The highest BCUT2D eigenvalue weighted by molar-refractivity contribution is 5.80. The van der Waals surface area contributed by atoms with Crippen molar-refractivity contribution in [3.63, 3.8) is 0 Å². The third kappa shape index (κ3) is 33.9. The Morgan fingerprint density at radius 1 is 0.491 bits per heavy atom. The van der Waals surface area contributed by atoms with Crippen LogP contribution in [0.5, 0.6) is 11.5 Å². The molecular formula is C50H82O5. The fourth-order valence-electron chi connectivity index (χ4n) is 6.38. The first kappa shape index (κ1) is 49.9. The van der Waals surface area contributed by atoms with Crippen LogP contribution in [0.3, 0.4) is 0 Å². The summed E-state index contributed by atoms with van der Waals surface area (Å²) < 4.78 is 17.2. The zero-order valence-corrected chi connectivity index (χ0v) is 35.6. The van der Waals surface area contributed by atoms with Crippen LogP contribution in [-0.4, -0.2) is 32.1 Å². The average molecular weight is 763 g/mol. The van der Waals surface area contributed by atoms with Crippen molar-refractivity contribution in [1.82, 2.24) is 0 Å². The number of benzene rings is 1. The zero-order valence-electron chi connectivity index (χ0n) is 35.6. The number of hydrogen-bond acceptors (Lipinski definition) is 5. The third-order valence-corrected chi connectivity index (χ3v) is 9.86. The molecular weight excluding hydrogens is 681 g/mol. The lowest BCUT2D eigenvalue weighted by molar-refractivity contribution is -0.143. The van der Waals surface area contributed by atoms with E-state index in [-0.39, 0.29) is 5.97 Å². The van der Waals surface area contributed by atoms with Crippen LogP contribution in [-0.2, 0) is 9.53 Å². The van der Waals surface area contributed by atoms with Gasteiger partial charge in [-0.25, -0.2) is 0 Å². The van der Waals surface area contributed by atoms with Crippen LogP contribution in [0.4, 0.5) is 0 Å². The number of allylic oxidation sites excluding steroid dienone is 8. The van der Waals surface area contributed by atoms with Gasteiger partial charge in [-0.1, -0.05) is 152 Å². The van der Waals surface area contributed by atoms with Crippen LogP contribution >= 0.6 is 0 Å². The second-order valence-electron chi connectivity index (χ2n) is 15.1. The molecule has 55 heavy (non-hydrogen) atoms. The van der Waals surface area contributed by atoms with E-state index in [0.29, 0.717) is 43.3 Å². The van der Waals surface area contributed by atoms with Crippen LogP contribution < -0.4 is 9.47 Å². The van der Waals surface area contributed by atoms with Gasteiger partial charge in [0.1, 0.15) is 11.5 Å². The Balaban J connectivity index is 1.96. The summed E-state index contributed by atoms with van der Waals surface area (Å²) in [7, 11) is 0. The molecule has 5 nitrogen and oxygen atoms in total. The number of carbonyl (C=O) groups is 2. The fraction of sp³-hybridized carbons (Fsp3) is 0.680. The Hall–Kier alpha value is -3.08. The Labute approximate surface area is 338 Å². The molecule has 0 aliphatic heterocycles. The van der Waals surface area contributed by atoms with Crippen LogP contribution in [0.25, 0.3) is 0 Å². The second kappa shape index (κ2) is 40.6. The van der Waals surface area contributed by atoms with Crippen molar-refractivity contribution in [3.8, 4) is 11.5 Å². The lowest BCUT2D eigenvalue weighted by Gasteiger charge is -2.11. The maximum atomic E-state index is 12.1. The predicted octanol–water partition coefficient (Wildman–Crippen LogP) is 15.4. The van der Waals surface area contributed by atoms with Crippen molar-refractivity contribution in [2.45, 2.75) is 200 Å². The average Bonchev–Trinajstić information content (AvgIpc) is 3.20. The second-order valence-corrected chi connectivity index (χ2v) is 15.1. The van der Waals surface area contributed by atoms with Crippen molar-refractivity contribution in [2.24, 2.45) is 0 Å². The molecule has 0 aliphatic rings. The molecule has 0 heterocycles. The van der Waals surface area contributed by atoms with Gasteiger partial charge >= 0.3 is 5.97 Å². The molecule has 0 N–H and O–H groups in total. The van der Waals surface area contributed by atoms with Crippen molar-refractivity contribution < 1.29 is 23.8 Å². The van der Waals surface area contributed by atoms with E-state index in [2.05, 4.69) is 62.5 Å². The molecule has 0 aromatic heterocycles. The van der Waals surface area contributed by atoms with E-state index >= 15 is 0 Å². The van der Waals surface area contributed by atoms with E-state index in [1.54, 1.807) is 6.07 Å². The Kier molecular flexibility index (Phi) is 36.8. The summed E-state index contributed by atoms with van der Waals surface area (Å²) in [5, 5.41) is 0. The summed E-state index contributed by atoms with van der Waals surface area (Å²) in [5.74, 6) is 1.17. The molecule has 0 radical (unpaired) electrons. The summed E-state index contributed by atoms with van der Waals surface area (Å²) in [4.78, 5) is 23.8. The highest BCUT2D eigenvalue weighted by atomic mass is 16.5. The van der Waals surface area contributed by atoms with Crippen LogP contribution in [0.15, 0.2) is 66.8 Å². The molecule has 312 valence electrons. The number of ether oxygens (including phenoxy) is 3. The van der Waals surface area contributed by atoms with Gasteiger partial charge in [0.2, 0.25) is 0 Å². The summed E-state index contributed by atoms with van der Waals surface area (Å²) in [5.41, 5.74) is 0.502. The Morgan fingerprint density at radius 3 is 1.45 bits per heavy atom. The molecule has 0 amide bonds. The first-order valence-electron chi connectivity index (χ1n) is 22.8. The van der Waals surface area contributed by atoms with E-state index in [1.807, 2.05) is 12.1 Å². The van der Waals surface area contributed by atoms with E-state index < -0.39 is 0 Å². The number of rotatable bonds is 40. The van der Waals surface area contributed by atoms with Gasteiger partial charge in [-0.05, 0) is 108 Å². The molecule has 0 spiro atoms. The first-order valence-corrected chi connectivity index (χ1v) is 22.8. The third-order valence-electron chi connectivity index (χ3n) is 9.86. The lowest BCUT2D eigenvalue weighted by atomic mass is 10.1. The maximum absolute atomic E-state index is 12.1. The number of aldehydes is 1. The minimum Gasteiger partial charge on any atom is -0.494 e. The van der Waals surface area contributed by atoms with Crippen LogP contribution in [0.1, 0.15) is 210 Å². The molecule has 1 aromatic rings. The van der Waals surface area contributed by atoms with Gasteiger partial charge in [0, 0.05) is 6.42 Å². The molecule has 0 unspecified atom stereocenters. The number of esters is 1. The molecule has 0 fully saturated rings. The summed E-state index contributed by atoms with van der Waals surface area (Å²) in [6, 6.07) is 5.45. The number of unbranched alkanes of at least 4 members (excludes halogenated alkanes) is 21. The van der Waals surface area contributed by atoms with Crippen molar-refractivity contribution in [1.29, 1.82) is 0 Å². The quantitative estimate of drug-likeness (QED) is 0.0288. The van der Waals surface area contributed by atoms with Gasteiger partial charge in [-0.3, -0.25) is 9.59 Å². The van der Waals surface area contributed by atoms with Crippen LogP contribution in [0.2, 0.25) is 0 Å². The highest BCUT2D eigenvalue weighted by Crippen LogP contribution is 2.24. The maximum Gasteiger partial charge on any atom is 0.305 e. The van der Waals surface area contributed by atoms with Gasteiger partial charge in [0.15, 0.2) is 6.29 Å². The van der Waals surface area contributed by atoms with Gasteiger partial charge in [-0.15, -0.1) is 0 Å². The molecule has 0 atom stereocenters. The standard InChI is InChI=1S/C50H82O5/c1-3-5-7-9-11-13-15-17-19-20-21-22-24-26-28-30-32-34-36-42-53-48-40-41-49(47(45-48)46-51)54-43-37-38-44-55-50(52)39-35-33-31-29-27-25-23-18-16-14-12-10-8-6-4-2/h11-14,17-19,23,40-41,45-46H,3-10,15-16,20-22,24-39,42-44H2,1-2H3/b13-11-,14-12-,19-17-,23-18-. The van der Waals surface area contributed by atoms with Gasteiger partial charge in [0.05, 0.1) is 25.4 Å². The van der Waals surface area contributed by atoms with E-state index in [1.165, 1.54) is 128 Å². The van der Waals surface area contributed by atoms with E-state index in [9.17, 15) is 9.59 Å². The normalized spacial score (nSPS) is 11.8. The molecule has 1 rings (SSSR count). The highest BCUT2D eigenvalue weighted by Gasteiger charge is 2.07. The number of hydrogen-bond donors (Lipinski definition) is 0. The summed E-state index contributed by atoms with van der Waals surface area (Å²) in [6.07, 6.45) is 53.1. The largest absolute Gasteiger partial charge is 0.494 e. The molecule has 1 aromatic carbocycles. The first-order chi connectivity index (χ1) is 27.2. The van der Waals surface area contributed by atoms with Crippen molar-refractivity contribution in [3.05, 3.63) is 72.4 Å². The SMILES string of the molecule is CCCCC/C=C\C/C=C\CCCCCCCCCCCOc1ccc(OCCCCOC(=O)CCCCCCC/C=C\C/C=C\CCCCC)c(C=O)c1. The zero-order chi connectivity index (χ0) is 39.5. The predicted molar refractivity (Wildman–Crippen MR) is 236 cm³/mol. The van der Waals surface area contributed by atoms with Crippen molar-refractivity contribution in [2.75, 3.05) is 19.8 Å². The van der Waals surface area contributed by atoms with E-state index in [4.69, 9.17) is 14.2 Å². The van der Waals surface area contributed by atoms with Crippen LogP contribution in [0, 0.1) is 0 Å². The molecule has 0 aliphatic carbocycles. The summed E-state index contributed by atoms with van der Waals surface area (Å²) >= 11 is 0. The van der Waals surface area contributed by atoms with Gasteiger partial charge in [0.25, 0.3) is 0 Å². The fourth-order valence-corrected chi connectivity index (χ4v) is 6.38. The smallest absolute Gasteiger partial charge is 0.305 e. The Morgan fingerprint density at radius 2 is 0.927 bits per heavy atom. The van der Waals surface area contributed by atoms with Gasteiger partial charge < -0.3 is 14.2 Å². The number of carbonyl (C=O) groups excluding carboxylic acids is 2. The van der Waals surface area contributed by atoms with E-state index in [0.717, 1.165) is 57.7 Å². The lowest BCUT2D eigenvalue weighted by Crippen LogP contribution is -2.07. The van der Waals surface area contributed by atoms with Gasteiger partial charge in [-0.2, -0.15) is 0 Å². The minimum atomic E-state index is -0.109. The monoisotopic (exact) mass is 763 g/mol. The van der Waals surface area contributed by atoms with Crippen molar-refractivity contribution >= 4 is 12.3 Å². The minimum absolute atomic E-state index is 0.109. The molecule has 0 saturated heterocycles.